The van der Waals surface area contributed by atoms with Gasteiger partial charge in [-0.2, -0.15) is 0 Å². The Morgan fingerprint density at radius 2 is 1.78 bits per heavy atom. The zero-order valence-electron chi connectivity index (χ0n) is 21.9. The molecule has 0 heterocycles. The molecule has 2 aromatic carbocycles. The predicted octanol–water partition coefficient (Wildman–Crippen LogP) is 5.26. The molecule has 36 heavy (non-hydrogen) atoms. The second-order valence-electron chi connectivity index (χ2n) is 11.0. The molecule has 0 amide bonds. The first-order valence-electron chi connectivity index (χ1n) is 13.4. The lowest BCUT2D eigenvalue weighted by Crippen LogP contribution is -2.45. The molecule has 1 saturated carbocycles. The molecule has 2 atom stereocenters. The summed E-state index contributed by atoms with van der Waals surface area (Å²) < 4.78 is 11.3. The smallest absolute Gasteiger partial charge is 0.330 e. The van der Waals surface area contributed by atoms with Crippen molar-refractivity contribution in [3.05, 3.63) is 76.9 Å². The van der Waals surface area contributed by atoms with Gasteiger partial charge in [0.15, 0.2) is 0 Å². The van der Waals surface area contributed by atoms with Gasteiger partial charge in [-0.05, 0) is 93.0 Å². The minimum Gasteiger partial charge on any atom is -0.463 e. The number of β-amino-alcohol motifs (C(OH)–C–C–N with tert-alkyl or cyclic N) is 1. The van der Waals surface area contributed by atoms with E-state index in [2.05, 4.69) is 49.5 Å². The maximum Gasteiger partial charge on any atom is 0.330 e. The molecule has 0 aliphatic heterocycles. The van der Waals surface area contributed by atoms with Gasteiger partial charge in [0.2, 0.25) is 0 Å². The first kappa shape index (κ1) is 26.6. The second kappa shape index (κ2) is 12.2. The monoisotopic (exact) mass is 491 g/mol. The van der Waals surface area contributed by atoms with Crippen LogP contribution in [-0.4, -0.2) is 42.5 Å². The molecule has 5 heteroatoms. The lowest BCUT2D eigenvalue weighted by molar-refractivity contribution is -0.137. The zero-order valence-corrected chi connectivity index (χ0v) is 21.9. The summed E-state index contributed by atoms with van der Waals surface area (Å²) in [5, 5.41) is 14.3. The molecular formula is C31H41NO4. The molecule has 2 N–H and O–H groups in total. The third-order valence-electron chi connectivity index (χ3n) is 7.26. The number of benzene rings is 2. The Hall–Kier alpha value is -2.47. The van der Waals surface area contributed by atoms with Crippen molar-refractivity contribution in [2.45, 2.75) is 70.6 Å². The third-order valence-corrected chi connectivity index (χ3v) is 7.26. The first-order chi connectivity index (χ1) is 17.3. The topological polar surface area (TPSA) is 67.8 Å². The van der Waals surface area contributed by atoms with E-state index in [-0.39, 0.29) is 24.2 Å². The van der Waals surface area contributed by atoms with E-state index < -0.39 is 6.10 Å². The number of aliphatic hydroxyl groups excluding tert-OH is 1. The average molecular weight is 492 g/mol. The molecular weight excluding hydrogens is 450 g/mol. The Labute approximate surface area is 215 Å². The van der Waals surface area contributed by atoms with Crippen LogP contribution in [0.15, 0.2) is 54.6 Å². The molecule has 0 spiro atoms. The highest BCUT2D eigenvalue weighted by Gasteiger charge is 2.35. The lowest BCUT2D eigenvalue weighted by Gasteiger charge is -2.31. The molecule has 194 valence electrons. The normalized spacial score (nSPS) is 17.8. The van der Waals surface area contributed by atoms with Gasteiger partial charge in [-0.25, -0.2) is 4.79 Å². The van der Waals surface area contributed by atoms with Gasteiger partial charge in [0, 0.05) is 18.2 Å². The van der Waals surface area contributed by atoms with Crippen LogP contribution in [0.1, 0.15) is 68.4 Å². The minimum atomic E-state index is -0.589. The highest BCUT2D eigenvalue weighted by atomic mass is 16.5. The number of carbonyl (C=O) groups excluding carboxylic acids is 1. The van der Waals surface area contributed by atoms with Gasteiger partial charge in [0.25, 0.3) is 0 Å². The summed E-state index contributed by atoms with van der Waals surface area (Å²) in [6.45, 7) is 7.37. The molecule has 0 saturated heterocycles. The average Bonchev–Trinajstić information content (AvgIpc) is 3.61. The van der Waals surface area contributed by atoms with E-state index in [1.54, 1.807) is 13.0 Å². The second-order valence-corrected chi connectivity index (χ2v) is 11.0. The van der Waals surface area contributed by atoms with Gasteiger partial charge < -0.3 is 19.9 Å². The van der Waals surface area contributed by atoms with Gasteiger partial charge in [-0.3, -0.25) is 0 Å². The van der Waals surface area contributed by atoms with Crippen LogP contribution in [0.25, 0.3) is 6.08 Å². The standard InChI is InChI=1S/C31H41NO4/c1-4-35-29(34)16-15-23-9-7-8-12-28(23)30(24-13-14-24)36-21-27(33)20-32-31(2,3)19-22-17-25-10-5-6-11-26(25)18-22/h5-12,15-16,22,24,27,30,32-33H,4,13-14,17-21H2,1-3H3/t27-,30+/m1/s1. The Bertz CT molecular complexity index is 1020. The van der Waals surface area contributed by atoms with Crippen LogP contribution in [0.4, 0.5) is 0 Å². The number of hydrogen-bond acceptors (Lipinski definition) is 5. The van der Waals surface area contributed by atoms with E-state index in [1.165, 1.54) is 17.2 Å². The number of esters is 1. The van der Waals surface area contributed by atoms with Gasteiger partial charge in [-0.15, -0.1) is 0 Å². The highest BCUT2D eigenvalue weighted by Crippen LogP contribution is 2.44. The van der Waals surface area contributed by atoms with Crippen molar-refractivity contribution < 1.29 is 19.4 Å². The summed E-state index contributed by atoms with van der Waals surface area (Å²) in [5.74, 6) is 0.737. The van der Waals surface area contributed by atoms with Gasteiger partial charge in [-0.1, -0.05) is 48.5 Å². The fraction of sp³-hybridized carbons (Fsp3) is 0.516. The van der Waals surface area contributed by atoms with E-state index >= 15 is 0 Å². The number of rotatable bonds is 13. The van der Waals surface area contributed by atoms with Gasteiger partial charge in [0.05, 0.1) is 25.4 Å². The summed E-state index contributed by atoms with van der Waals surface area (Å²) >= 11 is 0. The van der Waals surface area contributed by atoms with E-state index in [4.69, 9.17) is 9.47 Å². The van der Waals surface area contributed by atoms with Crippen LogP contribution in [0.5, 0.6) is 0 Å². The summed E-state index contributed by atoms with van der Waals surface area (Å²) in [6, 6.07) is 16.8. The maximum absolute atomic E-state index is 11.8. The van der Waals surface area contributed by atoms with E-state index in [0.717, 1.165) is 43.2 Å². The molecule has 0 aromatic heterocycles. The van der Waals surface area contributed by atoms with Crippen LogP contribution < -0.4 is 5.32 Å². The van der Waals surface area contributed by atoms with Crippen molar-refractivity contribution in [3.8, 4) is 0 Å². The SMILES string of the molecule is CCOC(=O)C=Cc1ccccc1[C@@H](OC[C@H](O)CNC(C)(C)CC1Cc2ccccc2C1)C1CC1. The van der Waals surface area contributed by atoms with E-state index in [1.807, 2.05) is 18.2 Å². The van der Waals surface area contributed by atoms with Crippen LogP contribution in [0.3, 0.4) is 0 Å². The molecule has 2 aliphatic carbocycles. The molecule has 1 fully saturated rings. The Morgan fingerprint density at radius 3 is 2.44 bits per heavy atom. The quantitative estimate of drug-likeness (QED) is 0.295. The largest absolute Gasteiger partial charge is 0.463 e. The van der Waals surface area contributed by atoms with Crippen molar-refractivity contribution in [1.82, 2.24) is 5.32 Å². The molecule has 4 rings (SSSR count). The molecule has 2 aromatic rings. The highest BCUT2D eigenvalue weighted by molar-refractivity contribution is 5.87. The molecule has 0 radical (unpaired) electrons. The summed E-state index contributed by atoms with van der Waals surface area (Å²) in [4.78, 5) is 11.8. The van der Waals surface area contributed by atoms with Crippen LogP contribution in [-0.2, 0) is 27.1 Å². The number of hydrogen-bond donors (Lipinski definition) is 2. The summed E-state index contributed by atoms with van der Waals surface area (Å²) in [7, 11) is 0. The molecule has 0 bridgehead atoms. The summed E-state index contributed by atoms with van der Waals surface area (Å²) in [6.07, 6.45) is 8.17. The Morgan fingerprint density at radius 1 is 1.11 bits per heavy atom. The van der Waals surface area contributed by atoms with Crippen LogP contribution in [0, 0.1) is 11.8 Å². The van der Waals surface area contributed by atoms with Crippen LogP contribution >= 0.6 is 0 Å². The van der Waals surface area contributed by atoms with Crippen LogP contribution in [0.2, 0.25) is 0 Å². The Kier molecular flexibility index (Phi) is 9.00. The van der Waals surface area contributed by atoms with E-state index in [9.17, 15) is 9.90 Å². The minimum absolute atomic E-state index is 0.0614. The van der Waals surface area contributed by atoms with Crippen molar-refractivity contribution in [1.29, 1.82) is 0 Å². The number of fused-ring (bicyclic) bond motifs is 1. The Balaban J connectivity index is 1.28. The number of aliphatic hydroxyl groups is 1. The number of nitrogens with one attached hydrogen (secondary N) is 1. The van der Waals surface area contributed by atoms with Crippen molar-refractivity contribution in [2.75, 3.05) is 19.8 Å². The van der Waals surface area contributed by atoms with Crippen molar-refractivity contribution in [3.63, 3.8) is 0 Å². The fourth-order valence-electron chi connectivity index (χ4n) is 5.40. The first-order valence-corrected chi connectivity index (χ1v) is 13.4. The zero-order chi connectivity index (χ0) is 25.5. The fourth-order valence-corrected chi connectivity index (χ4v) is 5.40. The van der Waals surface area contributed by atoms with Crippen molar-refractivity contribution >= 4 is 12.0 Å². The van der Waals surface area contributed by atoms with Gasteiger partial charge in [0.1, 0.15) is 0 Å². The van der Waals surface area contributed by atoms with E-state index in [0.29, 0.717) is 25.0 Å². The molecule has 5 nitrogen and oxygen atoms in total. The third kappa shape index (κ3) is 7.52. The molecule has 0 unspecified atom stereocenters. The van der Waals surface area contributed by atoms with Crippen molar-refractivity contribution in [2.24, 2.45) is 11.8 Å². The maximum atomic E-state index is 11.8. The molecule has 2 aliphatic rings. The summed E-state index contributed by atoms with van der Waals surface area (Å²) in [5.41, 5.74) is 4.91. The number of ether oxygens (including phenoxy) is 2. The number of carbonyl (C=O) groups is 1. The predicted molar refractivity (Wildman–Crippen MR) is 144 cm³/mol. The van der Waals surface area contributed by atoms with Gasteiger partial charge >= 0.3 is 5.97 Å². The lowest BCUT2D eigenvalue weighted by atomic mass is 9.88.